The third-order valence-corrected chi connectivity index (χ3v) is 3.67. The number of hydrogen-bond acceptors (Lipinski definition) is 6. The van der Waals surface area contributed by atoms with Crippen LogP contribution < -0.4 is 5.32 Å². The molecule has 0 bridgehead atoms. The molecule has 7 nitrogen and oxygen atoms in total. The van der Waals surface area contributed by atoms with Crippen molar-refractivity contribution in [1.82, 2.24) is 15.1 Å². The summed E-state index contributed by atoms with van der Waals surface area (Å²) in [5, 5.41) is 10.4. The van der Waals surface area contributed by atoms with E-state index < -0.39 is 0 Å². The molecule has 0 aliphatic carbocycles. The van der Waals surface area contributed by atoms with Crippen LogP contribution in [0, 0.1) is 0 Å². The van der Waals surface area contributed by atoms with Gasteiger partial charge in [0.15, 0.2) is 0 Å². The van der Waals surface area contributed by atoms with Gasteiger partial charge in [-0.15, -0.1) is 5.10 Å². The molecule has 1 aliphatic heterocycles. The first-order valence-corrected chi connectivity index (χ1v) is 7.80. The van der Waals surface area contributed by atoms with Crippen LogP contribution in [0.4, 0.5) is 6.01 Å². The highest BCUT2D eigenvalue weighted by Crippen LogP contribution is 2.19. The number of ether oxygens (including phenoxy) is 1. The molecule has 1 aromatic carbocycles. The van der Waals surface area contributed by atoms with Crippen LogP contribution >= 0.6 is 0 Å². The number of benzene rings is 1. The van der Waals surface area contributed by atoms with E-state index in [-0.39, 0.29) is 11.9 Å². The molecule has 2 heterocycles. The molecule has 1 fully saturated rings. The van der Waals surface area contributed by atoms with Crippen LogP contribution in [-0.2, 0) is 9.53 Å². The Morgan fingerprint density at radius 3 is 2.74 bits per heavy atom. The monoisotopic (exact) mass is 316 g/mol. The van der Waals surface area contributed by atoms with Gasteiger partial charge in [-0.1, -0.05) is 23.3 Å². The smallest absolute Gasteiger partial charge is 0.322 e. The SMILES string of the molecule is O=C(CCCN1CCOCC1)Nc1nnc(-c2ccccc2)o1. The quantitative estimate of drug-likeness (QED) is 0.875. The first kappa shape index (κ1) is 15.6. The Bertz CT molecular complexity index is 623. The number of amides is 1. The lowest BCUT2D eigenvalue weighted by Crippen LogP contribution is -2.37. The number of nitrogens with one attached hydrogen (secondary N) is 1. The van der Waals surface area contributed by atoms with Crippen LogP contribution in [0.2, 0.25) is 0 Å². The number of morpholine rings is 1. The third-order valence-electron chi connectivity index (χ3n) is 3.67. The Labute approximate surface area is 134 Å². The molecule has 0 atom stereocenters. The third kappa shape index (κ3) is 4.61. The van der Waals surface area contributed by atoms with Gasteiger partial charge in [0.1, 0.15) is 0 Å². The highest BCUT2D eigenvalue weighted by molar-refractivity contribution is 5.88. The zero-order valence-corrected chi connectivity index (χ0v) is 12.9. The Kier molecular flexibility index (Phi) is 5.33. The van der Waals surface area contributed by atoms with Gasteiger partial charge < -0.3 is 9.15 Å². The molecule has 0 radical (unpaired) electrons. The number of anilines is 1. The van der Waals surface area contributed by atoms with Gasteiger partial charge in [-0.3, -0.25) is 15.0 Å². The van der Waals surface area contributed by atoms with Gasteiger partial charge >= 0.3 is 6.01 Å². The van der Waals surface area contributed by atoms with Gasteiger partial charge in [-0.2, -0.15) is 0 Å². The number of hydrogen-bond donors (Lipinski definition) is 1. The van der Waals surface area contributed by atoms with Crippen molar-refractivity contribution in [3.8, 4) is 11.5 Å². The maximum atomic E-state index is 11.9. The molecule has 122 valence electrons. The molecule has 7 heteroatoms. The van der Waals surface area contributed by atoms with Gasteiger partial charge in [0.05, 0.1) is 13.2 Å². The maximum Gasteiger partial charge on any atom is 0.322 e. The molecule has 0 spiro atoms. The molecule has 23 heavy (non-hydrogen) atoms. The molecule has 0 saturated carbocycles. The summed E-state index contributed by atoms with van der Waals surface area (Å²) in [5.74, 6) is 0.288. The van der Waals surface area contributed by atoms with E-state index in [9.17, 15) is 4.79 Å². The number of aromatic nitrogens is 2. The molecule has 2 aromatic rings. The Balaban J connectivity index is 1.44. The highest BCUT2D eigenvalue weighted by atomic mass is 16.5. The fourth-order valence-corrected chi connectivity index (χ4v) is 2.44. The predicted octanol–water partition coefficient (Wildman–Crippen LogP) is 1.79. The molecule has 1 aliphatic rings. The molecular weight excluding hydrogens is 296 g/mol. The van der Waals surface area contributed by atoms with Crippen molar-refractivity contribution in [3.63, 3.8) is 0 Å². The topological polar surface area (TPSA) is 80.5 Å². The van der Waals surface area contributed by atoms with Crippen LogP contribution in [0.3, 0.4) is 0 Å². The van der Waals surface area contributed by atoms with E-state index >= 15 is 0 Å². The standard InChI is InChI=1S/C16H20N4O3/c21-14(7-4-8-20-9-11-22-12-10-20)17-16-19-18-15(23-16)13-5-2-1-3-6-13/h1-3,5-6H,4,7-12H2,(H,17,19,21). The molecular formula is C16H20N4O3. The lowest BCUT2D eigenvalue weighted by atomic mass is 10.2. The fraction of sp³-hybridized carbons (Fsp3) is 0.438. The van der Waals surface area contributed by atoms with Crippen molar-refractivity contribution in [2.24, 2.45) is 0 Å². The van der Waals surface area contributed by atoms with E-state index in [0.29, 0.717) is 12.3 Å². The van der Waals surface area contributed by atoms with Crippen molar-refractivity contribution >= 4 is 11.9 Å². The van der Waals surface area contributed by atoms with Crippen molar-refractivity contribution < 1.29 is 13.9 Å². The Morgan fingerprint density at radius 2 is 1.96 bits per heavy atom. The average Bonchev–Trinajstić information content (AvgIpc) is 3.05. The van der Waals surface area contributed by atoms with E-state index in [1.807, 2.05) is 30.3 Å². The van der Waals surface area contributed by atoms with E-state index in [4.69, 9.17) is 9.15 Å². The van der Waals surface area contributed by atoms with Crippen LogP contribution in [0.25, 0.3) is 11.5 Å². The second-order valence-corrected chi connectivity index (χ2v) is 5.38. The molecule has 1 amide bonds. The molecule has 1 aromatic heterocycles. The van der Waals surface area contributed by atoms with Gasteiger partial charge in [-0.25, -0.2) is 0 Å². The summed E-state index contributed by atoms with van der Waals surface area (Å²) in [7, 11) is 0. The van der Waals surface area contributed by atoms with Crippen molar-refractivity contribution in [2.45, 2.75) is 12.8 Å². The Hall–Kier alpha value is -2.25. The maximum absolute atomic E-state index is 11.9. The summed E-state index contributed by atoms with van der Waals surface area (Å²) in [6.45, 7) is 4.32. The van der Waals surface area contributed by atoms with Crippen LogP contribution in [0.15, 0.2) is 34.7 Å². The summed E-state index contributed by atoms with van der Waals surface area (Å²) < 4.78 is 10.8. The average molecular weight is 316 g/mol. The summed E-state index contributed by atoms with van der Waals surface area (Å²) in [6.07, 6.45) is 1.23. The van der Waals surface area contributed by atoms with Gasteiger partial charge in [0.25, 0.3) is 0 Å². The summed E-state index contributed by atoms with van der Waals surface area (Å²) in [5.41, 5.74) is 0.827. The number of rotatable bonds is 6. The summed E-state index contributed by atoms with van der Waals surface area (Å²) >= 11 is 0. The summed E-state index contributed by atoms with van der Waals surface area (Å²) in [4.78, 5) is 14.2. The summed E-state index contributed by atoms with van der Waals surface area (Å²) in [6, 6.07) is 9.59. The van der Waals surface area contributed by atoms with Crippen LogP contribution in [0.5, 0.6) is 0 Å². The molecule has 1 N–H and O–H groups in total. The lowest BCUT2D eigenvalue weighted by molar-refractivity contribution is -0.116. The zero-order chi connectivity index (χ0) is 15.9. The number of carbonyl (C=O) groups excluding carboxylic acids is 1. The number of nitrogens with zero attached hydrogens (tertiary/aromatic N) is 3. The minimum Gasteiger partial charge on any atom is -0.403 e. The van der Waals surface area contributed by atoms with Gasteiger partial charge in [0.2, 0.25) is 11.8 Å². The van der Waals surface area contributed by atoms with E-state index in [0.717, 1.165) is 44.8 Å². The van der Waals surface area contributed by atoms with Crippen LogP contribution in [0.1, 0.15) is 12.8 Å². The van der Waals surface area contributed by atoms with Crippen molar-refractivity contribution in [1.29, 1.82) is 0 Å². The highest BCUT2D eigenvalue weighted by Gasteiger charge is 2.13. The molecule has 1 saturated heterocycles. The number of carbonyl (C=O) groups is 1. The normalized spacial score (nSPS) is 15.5. The minimum atomic E-state index is -0.110. The second kappa shape index (κ2) is 7.85. The predicted molar refractivity (Wildman–Crippen MR) is 84.9 cm³/mol. The fourth-order valence-electron chi connectivity index (χ4n) is 2.44. The largest absolute Gasteiger partial charge is 0.403 e. The van der Waals surface area contributed by atoms with E-state index in [2.05, 4.69) is 20.4 Å². The zero-order valence-electron chi connectivity index (χ0n) is 12.9. The van der Waals surface area contributed by atoms with Crippen molar-refractivity contribution in [2.75, 3.05) is 38.2 Å². The first-order valence-electron chi connectivity index (χ1n) is 7.80. The van der Waals surface area contributed by atoms with Gasteiger partial charge in [0, 0.05) is 25.1 Å². The van der Waals surface area contributed by atoms with Gasteiger partial charge in [-0.05, 0) is 25.1 Å². The van der Waals surface area contributed by atoms with Crippen molar-refractivity contribution in [3.05, 3.63) is 30.3 Å². The first-order chi connectivity index (χ1) is 11.3. The van der Waals surface area contributed by atoms with Crippen LogP contribution in [-0.4, -0.2) is 53.9 Å². The van der Waals surface area contributed by atoms with E-state index in [1.54, 1.807) is 0 Å². The second-order valence-electron chi connectivity index (χ2n) is 5.38. The minimum absolute atomic E-state index is 0.110. The molecule has 0 unspecified atom stereocenters. The molecule has 3 rings (SSSR count). The van der Waals surface area contributed by atoms with E-state index in [1.165, 1.54) is 0 Å². The lowest BCUT2D eigenvalue weighted by Gasteiger charge is -2.26. The Morgan fingerprint density at radius 1 is 1.17 bits per heavy atom.